The largest absolute Gasteiger partial charge is 0.362 e. The van der Waals surface area contributed by atoms with Crippen LogP contribution in [0.2, 0.25) is 0 Å². The molecule has 0 amide bonds. The first-order chi connectivity index (χ1) is 8.67. The van der Waals surface area contributed by atoms with Crippen LogP contribution in [0.25, 0.3) is 0 Å². The van der Waals surface area contributed by atoms with E-state index in [1.54, 1.807) is 0 Å². The zero-order valence-corrected chi connectivity index (χ0v) is 13.4. The van der Waals surface area contributed by atoms with E-state index in [9.17, 15) is 0 Å². The van der Waals surface area contributed by atoms with E-state index in [1.807, 2.05) is 23.5 Å². The third-order valence-electron chi connectivity index (χ3n) is 3.74. The van der Waals surface area contributed by atoms with E-state index < -0.39 is 0 Å². The lowest BCUT2D eigenvalue weighted by atomic mass is 9.95. The van der Waals surface area contributed by atoms with Gasteiger partial charge in [0.05, 0.1) is 6.04 Å². The zero-order chi connectivity index (χ0) is 13.0. The summed E-state index contributed by atoms with van der Waals surface area (Å²) in [6.07, 6.45) is 8.89. The van der Waals surface area contributed by atoms with Crippen LogP contribution in [-0.2, 0) is 0 Å². The predicted octanol–water partition coefficient (Wildman–Crippen LogP) is 3.77. The number of nitrogens with one attached hydrogen (secondary N) is 1. The fraction of sp³-hybridized carbons (Fsp3) is 0.929. The number of thioether (sulfide) groups is 2. The number of aliphatic imine (C=N–C) groups is 1. The third kappa shape index (κ3) is 4.37. The van der Waals surface area contributed by atoms with E-state index in [0.717, 1.165) is 11.2 Å². The van der Waals surface area contributed by atoms with Crippen molar-refractivity contribution in [3.05, 3.63) is 0 Å². The van der Waals surface area contributed by atoms with Crippen LogP contribution in [0, 0.1) is 5.92 Å². The van der Waals surface area contributed by atoms with Gasteiger partial charge in [0, 0.05) is 17.0 Å². The standard InChI is InChI=1S/C14H26N2S2/c1-10(2)7-12-9-18-14(16-12)15-11-5-4-6-13(8-11)17-3/h10-13H,4-9H2,1-3H3,(H,15,16). The smallest absolute Gasteiger partial charge is 0.157 e. The molecule has 1 aliphatic heterocycles. The van der Waals surface area contributed by atoms with Gasteiger partial charge in [0.1, 0.15) is 0 Å². The summed E-state index contributed by atoms with van der Waals surface area (Å²) >= 11 is 3.96. The lowest BCUT2D eigenvalue weighted by molar-refractivity contribution is 0.423. The Labute approximate surface area is 120 Å². The number of rotatable bonds is 4. The molecule has 18 heavy (non-hydrogen) atoms. The van der Waals surface area contributed by atoms with Crippen molar-refractivity contribution < 1.29 is 0 Å². The molecule has 3 unspecified atom stereocenters. The Morgan fingerprint density at radius 3 is 3.00 bits per heavy atom. The molecule has 0 bridgehead atoms. The summed E-state index contributed by atoms with van der Waals surface area (Å²) in [5.41, 5.74) is 0. The van der Waals surface area contributed by atoms with E-state index in [0.29, 0.717) is 12.1 Å². The van der Waals surface area contributed by atoms with Gasteiger partial charge in [-0.1, -0.05) is 32.0 Å². The number of nitrogens with zero attached hydrogens (tertiary/aromatic N) is 1. The number of amidine groups is 1. The highest BCUT2D eigenvalue weighted by Gasteiger charge is 2.25. The summed E-state index contributed by atoms with van der Waals surface area (Å²) in [6.45, 7) is 4.58. The highest BCUT2D eigenvalue weighted by atomic mass is 32.2. The Balaban J connectivity index is 1.79. The highest BCUT2D eigenvalue weighted by Crippen LogP contribution is 2.28. The molecule has 0 aromatic heterocycles. The quantitative estimate of drug-likeness (QED) is 0.851. The van der Waals surface area contributed by atoms with Crippen LogP contribution >= 0.6 is 23.5 Å². The molecule has 1 aliphatic carbocycles. The SMILES string of the molecule is CSC1CCCC(NC2=NC(CC(C)C)CS2)C1. The molecule has 1 N–H and O–H groups in total. The van der Waals surface area contributed by atoms with Crippen molar-refractivity contribution in [2.45, 2.75) is 63.3 Å². The van der Waals surface area contributed by atoms with Crippen LogP contribution in [0.4, 0.5) is 0 Å². The van der Waals surface area contributed by atoms with Crippen molar-refractivity contribution in [1.29, 1.82) is 0 Å². The van der Waals surface area contributed by atoms with Gasteiger partial charge in [-0.15, -0.1) is 0 Å². The number of hydrogen-bond acceptors (Lipinski definition) is 4. The Bertz CT molecular complexity index is 292. The summed E-state index contributed by atoms with van der Waals surface area (Å²) in [5, 5.41) is 5.76. The number of hydrogen-bond donors (Lipinski definition) is 1. The van der Waals surface area contributed by atoms with Crippen LogP contribution < -0.4 is 5.32 Å². The predicted molar refractivity (Wildman–Crippen MR) is 85.8 cm³/mol. The van der Waals surface area contributed by atoms with E-state index >= 15 is 0 Å². The van der Waals surface area contributed by atoms with Crippen LogP contribution in [0.5, 0.6) is 0 Å². The fourth-order valence-electron chi connectivity index (χ4n) is 2.82. The first-order valence-corrected chi connectivity index (χ1v) is 9.44. The average Bonchev–Trinajstić information content (AvgIpc) is 2.76. The Morgan fingerprint density at radius 1 is 1.44 bits per heavy atom. The molecule has 4 heteroatoms. The van der Waals surface area contributed by atoms with E-state index in [-0.39, 0.29) is 0 Å². The van der Waals surface area contributed by atoms with Gasteiger partial charge in [-0.05, 0) is 37.9 Å². The van der Waals surface area contributed by atoms with Crippen molar-refractivity contribution >= 4 is 28.7 Å². The van der Waals surface area contributed by atoms with Gasteiger partial charge in [0.15, 0.2) is 5.17 Å². The highest BCUT2D eigenvalue weighted by molar-refractivity contribution is 8.14. The first kappa shape index (κ1) is 14.6. The molecule has 2 nitrogen and oxygen atoms in total. The molecular weight excluding hydrogens is 260 g/mol. The van der Waals surface area contributed by atoms with Crippen molar-refractivity contribution in [2.24, 2.45) is 10.9 Å². The Kier molecular flexibility index (Phi) is 5.74. The lowest BCUT2D eigenvalue weighted by Gasteiger charge is -2.29. The van der Waals surface area contributed by atoms with Gasteiger partial charge >= 0.3 is 0 Å². The molecule has 0 saturated heterocycles. The molecule has 1 heterocycles. The molecular formula is C14H26N2S2. The maximum atomic E-state index is 4.83. The van der Waals surface area contributed by atoms with Gasteiger partial charge in [0.2, 0.25) is 0 Å². The molecule has 0 spiro atoms. The summed E-state index contributed by atoms with van der Waals surface area (Å²) in [7, 11) is 0. The van der Waals surface area contributed by atoms with Crippen LogP contribution in [0.15, 0.2) is 4.99 Å². The van der Waals surface area contributed by atoms with E-state index in [2.05, 4.69) is 25.4 Å². The molecule has 1 fully saturated rings. The van der Waals surface area contributed by atoms with Gasteiger partial charge in [0.25, 0.3) is 0 Å². The Hall–Kier alpha value is 0.170. The minimum absolute atomic E-state index is 0.553. The van der Waals surface area contributed by atoms with E-state index in [1.165, 1.54) is 43.0 Å². The lowest BCUT2D eigenvalue weighted by Crippen LogP contribution is -2.37. The van der Waals surface area contributed by atoms with Crippen molar-refractivity contribution in [2.75, 3.05) is 12.0 Å². The first-order valence-electron chi connectivity index (χ1n) is 7.17. The fourth-order valence-corrected chi connectivity index (χ4v) is 4.69. The zero-order valence-electron chi connectivity index (χ0n) is 11.8. The third-order valence-corrected chi connectivity index (χ3v) is 5.89. The normalized spacial score (nSPS) is 32.7. The molecule has 0 aromatic carbocycles. The van der Waals surface area contributed by atoms with Gasteiger partial charge in [-0.25, -0.2) is 0 Å². The molecule has 0 aromatic rings. The van der Waals surface area contributed by atoms with E-state index in [4.69, 9.17) is 4.99 Å². The van der Waals surface area contributed by atoms with Gasteiger partial charge in [-0.2, -0.15) is 11.8 Å². The van der Waals surface area contributed by atoms with Crippen LogP contribution in [0.1, 0.15) is 46.0 Å². The maximum Gasteiger partial charge on any atom is 0.157 e. The van der Waals surface area contributed by atoms with Crippen molar-refractivity contribution in [3.63, 3.8) is 0 Å². The minimum atomic E-state index is 0.553. The molecule has 1 saturated carbocycles. The molecule has 2 rings (SSSR count). The second-order valence-corrected chi connectivity index (χ2v) is 8.04. The van der Waals surface area contributed by atoms with Crippen LogP contribution in [-0.4, -0.2) is 34.5 Å². The average molecular weight is 287 g/mol. The van der Waals surface area contributed by atoms with Crippen LogP contribution in [0.3, 0.4) is 0 Å². The second kappa shape index (κ2) is 7.09. The molecule has 104 valence electrons. The second-order valence-electron chi connectivity index (χ2n) is 5.89. The molecule has 0 radical (unpaired) electrons. The van der Waals surface area contributed by atoms with Crippen molar-refractivity contribution in [1.82, 2.24) is 5.32 Å². The Morgan fingerprint density at radius 2 is 2.28 bits per heavy atom. The maximum absolute atomic E-state index is 4.83. The minimum Gasteiger partial charge on any atom is -0.362 e. The monoisotopic (exact) mass is 286 g/mol. The van der Waals surface area contributed by atoms with Gasteiger partial charge < -0.3 is 5.32 Å². The summed E-state index contributed by atoms with van der Waals surface area (Å²) in [6, 6.07) is 1.22. The summed E-state index contributed by atoms with van der Waals surface area (Å²) in [5.74, 6) is 1.94. The topological polar surface area (TPSA) is 24.4 Å². The summed E-state index contributed by atoms with van der Waals surface area (Å²) in [4.78, 5) is 4.83. The van der Waals surface area contributed by atoms with Crippen molar-refractivity contribution in [3.8, 4) is 0 Å². The van der Waals surface area contributed by atoms with Gasteiger partial charge in [-0.3, -0.25) is 4.99 Å². The molecule has 2 aliphatic rings. The molecule has 3 atom stereocenters. The summed E-state index contributed by atoms with van der Waals surface area (Å²) < 4.78 is 0.